The average Bonchev–Trinajstić information content (AvgIpc) is 2.31. The summed E-state index contributed by atoms with van der Waals surface area (Å²) in [7, 11) is -3.23. The van der Waals surface area contributed by atoms with Gasteiger partial charge in [-0.3, -0.25) is 4.79 Å². The van der Waals surface area contributed by atoms with E-state index in [0.717, 1.165) is 5.41 Å². The number of carbonyl (C=O) groups is 1. The average molecular weight is 243 g/mol. The molecule has 0 aliphatic rings. The minimum Gasteiger partial charge on any atom is -0.480 e. The molecule has 5 nitrogen and oxygen atoms in total. The Bertz CT molecular complexity index is 439. The van der Waals surface area contributed by atoms with E-state index in [9.17, 15) is 13.2 Å². The highest BCUT2D eigenvalue weighted by Crippen LogP contribution is 2.09. The number of carboxylic acids is 1. The largest absolute Gasteiger partial charge is 0.480 e. The van der Waals surface area contributed by atoms with Crippen molar-refractivity contribution in [2.24, 2.45) is 5.73 Å². The summed E-state index contributed by atoms with van der Waals surface area (Å²) in [4.78, 5) is 9.53. The van der Waals surface area contributed by atoms with Crippen LogP contribution in [-0.4, -0.2) is 26.0 Å². The molecule has 0 fully saturated rings. The molecule has 0 aliphatic heterocycles. The molecule has 0 amide bonds. The maximum absolute atomic E-state index is 11.1. The summed E-state index contributed by atoms with van der Waals surface area (Å²) in [6, 6.07) is 8.20. The second-order valence-electron chi connectivity index (χ2n) is 2.62. The molecule has 0 radical (unpaired) electrons. The van der Waals surface area contributed by atoms with Crippen LogP contribution in [0.4, 0.5) is 0 Å². The lowest BCUT2D eigenvalue weighted by Crippen LogP contribution is -2.10. The zero-order valence-corrected chi connectivity index (χ0v) is 9.35. The van der Waals surface area contributed by atoms with Crippen LogP contribution in [0.3, 0.4) is 0 Å². The van der Waals surface area contributed by atoms with Crippen molar-refractivity contribution < 1.29 is 18.3 Å². The standard InChI is InChI=1S/C8H8O2S.C2H5NO2/c1-2-11(9,10)8-6-4-3-5-7-8;3-1-2(4)5/h2-7H,1H2;1,3H2,(H,4,5). The fourth-order valence-corrected chi connectivity index (χ4v) is 1.44. The van der Waals surface area contributed by atoms with Crippen LogP contribution in [0.2, 0.25) is 0 Å². The van der Waals surface area contributed by atoms with E-state index in [1.807, 2.05) is 0 Å². The van der Waals surface area contributed by atoms with Gasteiger partial charge in [-0.2, -0.15) is 0 Å². The Hall–Kier alpha value is -1.66. The summed E-state index contributed by atoms with van der Waals surface area (Å²) in [5, 5.41) is 8.54. The third-order valence-electron chi connectivity index (χ3n) is 1.47. The van der Waals surface area contributed by atoms with Gasteiger partial charge >= 0.3 is 5.97 Å². The molecule has 0 aromatic heterocycles. The van der Waals surface area contributed by atoms with Crippen LogP contribution in [0.1, 0.15) is 0 Å². The summed E-state index contributed by atoms with van der Waals surface area (Å²) in [5.74, 6) is -0.968. The van der Waals surface area contributed by atoms with Crippen molar-refractivity contribution in [1.82, 2.24) is 0 Å². The Labute approximate surface area is 94.1 Å². The lowest BCUT2D eigenvalue weighted by Gasteiger charge is -1.95. The molecule has 1 aromatic rings. The van der Waals surface area contributed by atoms with Gasteiger partial charge in [-0.15, -0.1) is 0 Å². The number of rotatable bonds is 3. The van der Waals surface area contributed by atoms with Gasteiger partial charge in [-0.05, 0) is 12.1 Å². The van der Waals surface area contributed by atoms with Gasteiger partial charge in [-0.25, -0.2) is 8.42 Å². The quantitative estimate of drug-likeness (QED) is 0.811. The van der Waals surface area contributed by atoms with Crippen molar-refractivity contribution in [3.8, 4) is 0 Å². The lowest BCUT2D eigenvalue weighted by molar-refractivity contribution is -0.135. The third-order valence-corrected chi connectivity index (χ3v) is 2.83. The lowest BCUT2D eigenvalue weighted by atomic mass is 10.4. The summed E-state index contributed by atoms with van der Waals surface area (Å²) in [6.07, 6.45) is 0. The highest BCUT2D eigenvalue weighted by atomic mass is 32.2. The fraction of sp³-hybridized carbons (Fsp3) is 0.100. The van der Waals surface area contributed by atoms with Crippen molar-refractivity contribution >= 4 is 15.8 Å². The first kappa shape index (κ1) is 14.3. The Morgan fingerprint density at radius 2 is 1.81 bits per heavy atom. The van der Waals surface area contributed by atoms with E-state index in [2.05, 4.69) is 12.3 Å². The summed E-state index contributed by atoms with van der Waals surface area (Å²) in [5.41, 5.74) is 4.57. The first-order chi connectivity index (χ1) is 7.44. The summed E-state index contributed by atoms with van der Waals surface area (Å²) in [6.45, 7) is 2.94. The molecule has 0 bridgehead atoms. The number of nitrogens with two attached hydrogens (primary N) is 1. The van der Waals surface area contributed by atoms with Crippen LogP contribution in [0.15, 0.2) is 47.2 Å². The maximum Gasteiger partial charge on any atom is 0.317 e. The molecule has 0 aliphatic carbocycles. The van der Waals surface area contributed by atoms with Crippen LogP contribution in [-0.2, 0) is 14.6 Å². The van der Waals surface area contributed by atoms with E-state index < -0.39 is 15.8 Å². The van der Waals surface area contributed by atoms with E-state index in [1.165, 1.54) is 12.1 Å². The number of hydrogen-bond donors (Lipinski definition) is 2. The van der Waals surface area contributed by atoms with E-state index in [0.29, 0.717) is 0 Å². The number of carboxylic acid groups (broad SMARTS) is 1. The molecule has 1 rings (SSSR count). The predicted octanol–water partition coefficient (Wildman–Crippen LogP) is 0.634. The fourth-order valence-electron chi connectivity index (χ4n) is 0.706. The smallest absolute Gasteiger partial charge is 0.317 e. The molecule has 0 spiro atoms. The SMILES string of the molecule is C=CS(=O)(=O)c1ccccc1.NCC(=O)O. The van der Waals surface area contributed by atoms with Gasteiger partial charge in [0.2, 0.25) is 0 Å². The van der Waals surface area contributed by atoms with Gasteiger partial charge in [0.15, 0.2) is 9.84 Å². The molecule has 3 N–H and O–H groups in total. The van der Waals surface area contributed by atoms with Crippen molar-refractivity contribution in [2.45, 2.75) is 4.90 Å². The van der Waals surface area contributed by atoms with E-state index in [-0.39, 0.29) is 11.4 Å². The molecule has 16 heavy (non-hydrogen) atoms. The second-order valence-corrected chi connectivity index (χ2v) is 4.52. The predicted molar refractivity (Wildman–Crippen MR) is 60.5 cm³/mol. The first-order valence-corrected chi connectivity index (χ1v) is 5.83. The van der Waals surface area contributed by atoms with Crippen molar-refractivity contribution in [3.63, 3.8) is 0 Å². The van der Waals surface area contributed by atoms with Gasteiger partial charge in [0.25, 0.3) is 0 Å². The number of benzene rings is 1. The van der Waals surface area contributed by atoms with Crippen molar-refractivity contribution in [3.05, 3.63) is 42.3 Å². The Kier molecular flexibility index (Phi) is 6.06. The van der Waals surface area contributed by atoms with Crippen LogP contribution in [0, 0.1) is 0 Å². The third kappa shape index (κ3) is 5.28. The minimum atomic E-state index is -3.23. The van der Waals surface area contributed by atoms with E-state index in [4.69, 9.17) is 5.11 Å². The second kappa shape index (κ2) is 6.76. The zero-order chi connectivity index (χ0) is 12.6. The molecule has 0 unspecified atom stereocenters. The molecule has 0 atom stereocenters. The molecule has 1 aromatic carbocycles. The topological polar surface area (TPSA) is 97.5 Å². The Balaban J connectivity index is 0.000000385. The molecule has 0 heterocycles. The van der Waals surface area contributed by atoms with E-state index >= 15 is 0 Å². The van der Waals surface area contributed by atoms with Crippen molar-refractivity contribution in [2.75, 3.05) is 6.54 Å². The maximum atomic E-state index is 11.1. The van der Waals surface area contributed by atoms with Crippen LogP contribution in [0.5, 0.6) is 0 Å². The molecular weight excluding hydrogens is 230 g/mol. The normalized spacial score (nSPS) is 9.81. The van der Waals surface area contributed by atoms with Crippen LogP contribution < -0.4 is 5.73 Å². The van der Waals surface area contributed by atoms with Gasteiger partial charge in [0.05, 0.1) is 11.4 Å². The van der Waals surface area contributed by atoms with Gasteiger partial charge in [-0.1, -0.05) is 24.8 Å². The van der Waals surface area contributed by atoms with Crippen LogP contribution >= 0.6 is 0 Å². The van der Waals surface area contributed by atoms with E-state index in [1.54, 1.807) is 18.2 Å². The monoisotopic (exact) mass is 243 g/mol. The zero-order valence-electron chi connectivity index (χ0n) is 8.54. The first-order valence-electron chi connectivity index (χ1n) is 4.28. The summed E-state index contributed by atoms with van der Waals surface area (Å²) < 4.78 is 22.2. The molecule has 0 saturated carbocycles. The Morgan fingerprint density at radius 1 is 1.38 bits per heavy atom. The summed E-state index contributed by atoms with van der Waals surface area (Å²) >= 11 is 0. The minimum absolute atomic E-state index is 0.278. The number of sulfone groups is 1. The van der Waals surface area contributed by atoms with Gasteiger partial charge in [0, 0.05) is 5.41 Å². The Morgan fingerprint density at radius 3 is 2.12 bits per heavy atom. The number of hydrogen-bond acceptors (Lipinski definition) is 4. The highest BCUT2D eigenvalue weighted by molar-refractivity contribution is 7.94. The number of aliphatic carboxylic acids is 1. The van der Waals surface area contributed by atoms with Crippen molar-refractivity contribution in [1.29, 1.82) is 0 Å². The molecule has 88 valence electrons. The molecule has 0 saturated heterocycles. The van der Waals surface area contributed by atoms with Crippen LogP contribution in [0.25, 0.3) is 0 Å². The molecular formula is C10H13NO4S. The van der Waals surface area contributed by atoms with Gasteiger partial charge in [0.1, 0.15) is 0 Å². The highest BCUT2D eigenvalue weighted by Gasteiger charge is 2.06. The van der Waals surface area contributed by atoms with Gasteiger partial charge < -0.3 is 10.8 Å². The molecule has 6 heteroatoms.